The van der Waals surface area contributed by atoms with E-state index in [4.69, 9.17) is 4.74 Å². The van der Waals surface area contributed by atoms with E-state index in [0.29, 0.717) is 30.3 Å². The standard InChI is InChI=1S/C17H22N6O3/c1-4-26-15-7-5-6-12(18-15)9-22-16(24)14(19-17(22)25)8-13-10-23(11(2)3)21-20-13/h5-7,10-11,14H,4,8-9H2,1-3H3,(H,19,25). The molecule has 2 aromatic rings. The fourth-order valence-corrected chi connectivity index (χ4v) is 2.67. The Kier molecular flexibility index (Phi) is 5.15. The molecule has 2 aromatic heterocycles. The SMILES string of the molecule is CCOc1cccc(CN2C(=O)NC(Cc3cn(C(C)C)nn3)C2=O)n1. The molecule has 3 rings (SSSR count). The van der Waals surface area contributed by atoms with Gasteiger partial charge >= 0.3 is 6.03 Å². The second-order valence-electron chi connectivity index (χ2n) is 6.31. The second-order valence-corrected chi connectivity index (χ2v) is 6.31. The molecule has 0 aromatic carbocycles. The molecule has 0 aliphatic carbocycles. The van der Waals surface area contributed by atoms with Gasteiger partial charge in [-0.25, -0.2) is 14.5 Å². The van der Waals surface area contributed by atoms with Crippen molar-refractivity contribution in [3.63, 3.8) is 0 Å². The number of hydrogen-bond acceptors (Lipinski definition) is 6. The van der Waals surface area contributed by atoms with Gasteiger partial charge in [0.1, 0.15) is 6.04 Å². The van der Waals surface area contributed by atoms with E-state index in [1.165, 1.54) is 0 Å². The Balaban J connectivity index is 1.67. The Labute approximate surface area is 151 Å². The molecule has 1 atom stereocenters. The van der Waals surface area contributed by atoms with Crippen molar-refractivity contribution in [1.82, 2.24) is 30.2 Å². The minimum atomic E-state index is -0.644. The van der Waals surface area contributed by atoms with Crippen LogP contribution in [0.1, 0.15) is 38.2 Å². The molecular formula is C17H22N6O3. The summed E-state index contributed by atoms with van der Waals surface area (Å²) in [6.45, 7) is 6.45. The fraction of sp³-hybridized carbons (Fsp3) is 0.471. The third-order valence-corrected chi connectivity index (χ3v) is 4.00. The number of nitrogens with zero attached hydrogens (tertiary/aromatic N) is 5. The minimum absolute atomic E-state index is 0.0980. The highest BCUT2D eigenvalue weighted by Gasteiger charge is 2.38. The number of imide groups is 1. The molecule has 1 aliphatic rings. The first-order valence-corrected chi connectivity index (χ1v) is 8.59. The van der Waals surface area contributed by atoms with Crippen LogP contribution in [0.25, 0.3) is 0 Å². The molecule has 1 unspecified atom stereocenters. The van der Waals surface area contributed by atoms with Crippen LogP contribution < -0.4 is 10.1 Å². The number of carbonyl (C=O) groups excluding carboxylic acids is 2. The summed E-state index contributed by atoms with van der Waals surface area (Å²) in [6.07, 6.45) is 2.10. The lowest BCUT2D eigenvalue weighted by molar-refractivity contribution is -0.127. The molecule has 9 nitrogen and oxygen atoms in total. The number of pyridine rings is 1. The molecule has 0 radical (unpaired) electrons. The maximum Gasteiger partial charge on any atom is 0.325 e. The summed E-state index contributed by atoms with van der Waals surface area (Å²) >= 11 is 0. The number of amides is 3. The smallest absolute Gasteiger partial charge is 0.325 e. The van der Waals surface area contributed by atoms with Crippen LogP contribution in [0.4, 0.5) is 4.79 Å². The van der Waals surface area contributed by atoms with Crippen molar-refractivity contribution in [3.05, 3.63) is 35.8 Å². The van der Waals surface area contributed by atoms with E-state index in [9.17, 15) is 9.59 Å². The highest BCUT2D eigenvalue weighted by Crippen LogP contribution is 2.16. The number of ether oxygens (including phenoxy) is 1. The van der Waals surface area contributed by atoms with Gasteiger partial charge in [-0.2, -0.15) is 0 Å². The molecular weight excluding hydrogens is 336 g/mol. The summed E-state index contributed by atoms with van der Waals surface area (Å²) in [5.41, 5.74) is 1.25. The Morgan fingerprint density at radius 3 is 2.77 bits per heavy atom. The zero-order valence-corrected chi connectivity index (χ0v) is 15.0. The van der Waals surface area contributed by atoms with Crippen molar-refractivity contribution >= 4 is 11.9 Å². The molecule has 26 heavy (non-hydrogen) atoms. The van der Waals surface area contributed by atoms with Crippen LogP contribution in [-0.4, -0.2) is 49.5 Å². The Bertz CT molecular complexity index is 803. The maximum atomic E-state index is 12.6. The van der Waals surface area contributed by atoms with Gasteiger partial charge in [-0.05, 0) is 26.8 Å². The predicted molar refractivity (Wildman–Crippen MR) is 92.4 cm³/mol. The number of urea groups is 1. The molecule has 0 spiro atoms. The summed E-state index contributed by atoms with van der Waals surface area (Å²) in [5, 5.41) is 10.8. The number of carbonyl (C=O) groups is 2. The molecule has 138 valence electrons. The van der Waals surface area contributed by atoms with Gasteiger partial charge in [0, 0.05) is 24.7 Å². The first kappa shape index (κ1) is 17.8. The monoisotopic (exact) mass is 358 g/mol. The number of nitrogens with one attached hydrogen (secondary N) is 1. The molecule has 0 bridgehead atoms. The third-order valence-electron chi connectivity index (χ3n) is 4.00. The van der Waals surface area contributed by atoms with Crippen molar-refractivity contribution in [1.29, 1.82) is 0 Å². The van der Waals surface area contributed by atoms with Crippen LogP contribution >= 0.6 is 0 Å². The largest absolute Gasteiger partial charge is 0.478 e. The second kappa shape index (κ2) is 7.51. The molecule has 3 heterocycles. The summed E-state index contributed by atoms with van der Waals surface area (Å²) in [7, 11) is 0. The van der Waals surface area contributed by atoms with Crippen molar-refractivity contribution < 1.29 is 14.3 Å². The fourth-order valence-electron chi connectivity index (χ4n) is 2.67. The lowest BCUT2D eigenvalue weighted by atomic mass is 10.1. The van der Waals surface area contributed by atoms with Gasteiger partial charge < -0.3 is 10.1 Å². The lowest BCUT2D eigenvalue weighted by Gasteiger charge is -2.13. The van der Waals surface area contributed by atoms with Gasteiger partial charge in [0.15, 0.2) is 0 Å². The zero-order valence-electron chi connectivity index (χ0n) is 15.0. The van der Waals surface area contributed by atoms with Gasteiger partial charge in [0.25, 0.3) is 5.91 Å². The third kappa shape index (κ3) is 3.81. The van der Waals surface area contributed by atoms with Gasteiger partial charge in [0.05, 0.1) is 24.5 Å². The summed E-state index contributed by atoms with van der Waals surface area (Å²) in [6, 6.07) is 4.39. The van der Waals surface area contributed by atoms with E-state index >= 15 is 0 Å². The minimum Gasteiger partial charge on any atom is -0.478 e. The van der Waals surface area contributed by atoms with E-state index < -0.39 is 12.1 Å². The molecule has 1 fully saturated rings. The Hall–Kier alpha value is -2.97. The van der Waals surface area contributed by atoms with Crippen LogP contribution in [0.5, 0.6) is 5.88 Å². The first-order valence-electron chi connectivity index (χ1n) is 8.59. The topological polar surface area (TPSA) is 102 Å². The lowest BCUT2D eigenvalue weighted by Crippen LogP contribution is -2.32. The van der Waals surface area contributed by atoms with Gasteiger partial charge in [-0.3, -0.25) is 9.69 Å². The summed E-state index contributed by atoms with van der Waals surface area (Å²) in [5.74, 6) is 0.177. The van der Waals surface area contributed by atoms with Crippen LogP contribution in [0.15, 0.2) is 24.4 Å². The van der Waals surface area contributed by atoms with Crippen LogP contribution in [0.3, 0.4) is 0 Å². The number of aromatic nitrogens is 4. The van der Waals surface area contributed by atoms with Crippen LogP contribution in [0, 0.1) is 0 Å². The average Bonchev–Trinajstić information content (AvgIpc) is 3.17. The molecule has 9 heteroatoms. The molecule has 0 saturated carbocycles. The van der Waals surface area contributed by atoms with E-state index in [-0.39, 0.29) is 18.5 Å². The molecule has 1 N–H and O–H groups in total. The number of hydrogen-bond donors (Lipinski definition) is 1. The normalized spacial score (nSPS) is 17.1. The van der Waals surface area contributed by atoms with Gasteiger partial charge in [-0.15, -0.1) is 5.10 Å². The van der Waals surface area contributed by atoms with Crippen molar-refractivity contribution in [3.8, 4) is 5.88 Å². The quantitative estimate of drug-likeness (QED) is 0.749. The van der Waals surface area contributed by atoms with E-state index in [0.717, 1.165) is 4.90 Å². The van der Waals surface area contributed by atoms with E-state index in [1.807, 2.05) is 20.8 Å². The first-order chi connectivity index (χ1) is 12.5. The van der Waals surface area contributed by atoms with E-state index in [1.54, 1.807) is 29.1 Å². The highest BCUT2D eigenvalue weighted by molar-refractivity contribution is 6.04. The maximum absolute atomic E-state index is 12.6. The van der Waals surface area contributed by atoms with Crippen molar-refractivity contribution in [2.24, 2.45) is 0 Å². The van der Waals surface area contributed by atoms with Crippen molar-refractivity contribution in [2.45, 2.75) is 45.8 Å². The molecule has 1 saturated heterocycles. The van der Waals surface area contributed by atoms with Crippen molar-refractivity contribution in [2.75, 3.05) is 6.61 Å². The Morgan fingerprint density at radius 1 is 1.27 bits per heavy atom. The van der Waals surface area contributed by atoms with Crippen LogP contribution in [-0.2, 0) is 17.8 Å². The van der Waals surface area contributed by atoms with Crippen LogP contribution in [0.2, 0.25) is 0 Å². The van der Waals surface area contributed by atoms with Gasteiger partial charge in [0.2, 0.25) is 5.88 Å². The predicted octanol–water partition coefficient (Wildman–Crippen LogP) is 1.32. The van der Waals surface area contributed by atoms with Gasteiger partial charge in [-0.1, -0.05) is 11.3 Å². The summed E-state index contributed by atoms with van der Waals surface area (Å²) < 4.78 is 7.07. The summed E-state index contributed by atoms with van der Waals surface area (Å²) in [4.78, 5) is 30.3. The van der Waals surface area contributed by atoms with E-state index in [2.05, 4.69) is 20.6 Å². The Morgan fingerprint density at radius 2 is 2.08 bits per heavy atom. The highest BCUT2D eigenvalue weighted by atomic mass is 16.5. The molecule has 3 amide bonds. The molecule has 1 aliphatic heterocycles. The zero-order chi connectivity index (χ0) is 18.7. The average molecular weight is 358 g/mol. The number of rotatable bonds is 7.